The van der Waals surface area contributed by atoms with Gasteiger partial charge in [-0.1, -0.05) is 0 Å². The van der Waals surface area contributed by atoms with Crippen LogP contribution in [0.5, 0.6) is 23.0 Å². The molecule has 1 N–H and O–H groups in total. The predicted octanol–water partition coefficient (Wildman–Crippen LogP) is 4.31. The summed E-state index contributed by atoms with van der Waals surface area (Å²) in [6.07, 6.45) is -4.09. The second-order valence-electron chi connectivity index (χ2n) is 13.3. The fraction of sp³-hybridized carbons (Fsp3) is 0.256. The summed E-state index contributed by atoms with van der Waals surface area (Å²) in [6, 6.07) is 23.6. The zero-order valence-electron chi connectivity index (χ0n) is 33.0. The van der Waals surface area contributed by atoms with Crippen LogP contribution in [0.2, 0.25) is 0 Å². The number of benzene rings is 4. The number of aryl methyl sites for hydroxylation is 1. The highest BCUT2D eigenvalue weighted by Gasteiger charge is 2.62. The number of carbonyl (C=O) groups excluding carboxylic acids is 4. The number of hydrogen-bond donors (Lipinski definition) is 1. The molecular weight excluding hydrogens is 784 g/mol. The molecule has 312 valence electrons. The van der Waals surface area contributed by atoms with Gasteiger partial charge in [0, 0.05) is 11.8 Å². The summed E-state index contributed by atoms with van der Waals surface area (Å²) in [5.74, 6) is -1.91. The molecule has 0 spiro atoms. The van der Waals surface area contributed by atoms with E-state index < -0.39 is 72.4 Å². The van der Waals surface area contributed by atoms with Gasteiger partial charge in [-0.05, 0) is 104 Å². The lowest BCUT2D eigenvalue weighted by molar-refractivity contribution is -0.154. The standard InChI is InChI=1S/C43H40N2O15/c1-25-22-45(42(51)44-36(25)46)37-34(58-40(49)28-10-18-32(54-4)19-11-28)35(59-41(50)29-12-20-33(55-5)21-13-29)43(60-37,23-56-38(47)26-6-14-30(52-2)15-7-26)24-57-39(48)27-8-16-31(53-3)17-9-27/h6-22,34-35,37H,23-24H2,1-5H3,(H,44,46,51)/t34-,35-,37-/m1/s1. The highest BCUT2D eigenvalue weighted by Crippen LogP contribution is 2.42. The second kappa shape index (κ2) is 18.5. The zero-order valence-corrected chi connectivity index (χ0v) is 33.0. The molecule has 60 heavy (non-hydrogen) atoms. The molecule has 2 heterocycles. The molecule has 1 saturated heterocycles. The fourth-order valence-corrected chi connectivity index (χ4v) is 6.21. The lowest BCUT2D eigenvalue weighted by Crippen LogP contribution is -2.54. The largest absolute Gasteiger partial charge is 0.497 e. The Morgan fingerprint density at radius 2 is 0.950 bits per heavy atom. The minimum absolute atomic E-state index is 0.0101. The number of methoxy groups -OCH3 is 4. The van der Waals surface area contributed by atoms with Gasteiger partial charge in [0.05, 0.1) is 50.7 Å². The van der Waals surface area contributed by atoms with Gasteiger partial charge in [-0.2, -0.15) is 0 Å². The summed E-state index contributed by atoms with van der Waals surface area (Å²) in [5.41, 5.74) is -3.68. The Labute approximate surface area is 342 Å². The first-order chi connectivity index (χ1) is 28.9. The number of aromatic amines is 1. The minimum atomic E-state index is -2.22. The van der Waals surface area contributed by atoms with Gasteiger partial charge in [0.1, 0.15) is 36.2 Å². The van der Waals surface area contributed by atoms with Crippen molar-refractivity contribution in [2.75, 3.05) is 41.7 Å². The Kier molecular flexibility index (Phi) is 13.0. The van der Waals surface area contributed by atoms with Gasteiger partial charge >= 0.3 is 29.6 Å². The molecule has 1 aliphatic rings. The number of hydrogen-bond acceptors (Lipinski definition) is 15. The third-order valence-corrected chi connectivity index (χ3v) is 9.55. The average Bonchev–Trinajstić information content (AvgIpc) is 3.57. The maximum absolute atomic E-state index is 14.1. The maximum Gasteiger partial charge on any atom is 0.338 e. The van der Waals surface area contributed by atoms with Crippen molar-refractivity contribution in [3.8, 4) is 23.0 Å². The van der Waals surface area contributed by atoms with Gasteiger partial charge in [-0.3, -0.25) is 14.3 Å². The molecule has 5 aromatic rings. The van der Waals surface area contributed by atoms with Gasteiger partial charge in [0.15, 0.2) is 24.0 Å². The van der Waals surface area contributed by atoms with Crippen molar-refractivity contribution < 1.29 is 61.8 Å². The van der Waals surface area contributed by atoms with Gasteiger partial charge in [-0.15, -0.1) is 0 Å². The van der Waals surface area contributed by atoms with Gasteiger partial charge in [-0.25, -0.2) is 24.0 Å². The van der Waals surface area contributed by atoms with Crippen LogP contribution in [0.3, 0.4) is 0 Å². The van der Waals surface area contributed by atoms with Crippen LogP contribution in [0.25, 0.3) is 0 Å². The van der Waals surface area contributed by atoms with Crippen molar-refractivity contribution in [3.63, 3.8) is 0 Å². The van der Waals surface area contributed by atoms with Crippen molar-refractivity contribution >= 4 is 23.9 Å². The number of esters is 4. The molecule has 0 bridgehead atoms. The highest BCUT2D eigenvalue weighted by molar-refractivity contribution is 5.92. The molecule has 1 aromatic heterocycles. The van der Waals surface area contributed by atoms with Gasteiger partial charge in [0.25, 0.3) is 5.56 Å². The van der Waals surface area contributed by atoms with Crippen LogP contribution >= 0.6 is 0 Å². The Morgan fingerprint density at radius 1 is 0.583 bits per heavy atom. The highest BCUT2D eigenvalue weighted by atomic mass is 16.7. The van der Waals surface area contributed by atoms with E-state index in [2.05, 4.69) is 4.98 Å². The predicted molar refractivity (Wildman–Crippen MR) is 210 cm³/mol. The van der Waals surface area contributed by atoms with E-state index in [1.54, 1.807) is 0 Å². The van der Waals surface area contributed by atoms with E-state index in [0.717, 1.165) is 10.8 Å². The average molecular weight is 825 g/mol. The monoisotopic (exact) mass is 824 g/mol. The summed E-state index contributed by atoms with van der Waals surface area (Å²) in [4.78, 5) is 83.5. The second-order valence-corrected chi connectivity index (χ2v) is 13.3. The van der Waals surface area contributed by atoms with E-state index in [1.807, 2.05) is 0 Å². The smallest absolute Gasteiger partial charge is 0.338 e. The van der Waals surface area contributed by atoms with Crippen LogP contribution in [0.15, 0.2) is 113 Å². The molecule has 17 heteroatoms. The van der Waals surface area contributed by atoms with E-state index >= 15 is 0 Å². The molecular formula is C43H40N2O15. The van der Waals surface area contributed by atoms with Crippen LogP contribution in [-0.2, 0) is 23.7 Å². The lowest BCUT2D eigenvalue weighted by Gasteiger charge is -2.33. The van der Waals surface area contributed by atoms with E-state index in [-0.39, 0.29) is 27.8 Å². The van der Waals surface area contributed by atoms with E-state index in [0.29, 0.717) is 23.0 Å². The van der Waals surface area contributed by atoms with E-state index in [1.165, 1.54) is 132 Å². The van der Waals surface area contributed by atoms with Crippen molar-refractivity contribution in [2.24, 2.45) is 0 Å². The van der Waals surface area contributed by atoms with Crippen molar-refractivity contribution in [3.05, 3.63) is 152 Å². The Bertz CT molecular complexity index is 2380. The molecule has 6 rings (SSSR count). The van der Waals surface area contributed by atoms with Crippen molar-refractivity contribution in [1.82, 2.24) is 9.55 Å². The summed E-state index contributed by atoms with van der Waals surface area (Å²) >= 11 is 0. The van der Waals surface area contributed by atoms with Crippen LogP contribution in [-0.4, -0.2) is 92.9 Å². The molecule has 0 unspecified atom stereocenters. The van der Waals surface area contributed by atoms with Crippen molar-refractivity contribution in [1.29, 1.82) is 0 Å². The first-order valence-electron chi connectivity index (χ1n) is 18.2. The number of aromatic nitrogens is 2. The number of nitrogens with zero attached hydrogens (tertiary/aromatic N) is 1. The number of rotatable bonds is 15. The van der Waals surface area contributed by atoms with Crippen LogP contribution in [0.4, 0.5) is 0 Å². The molecule has 0 amide bonds. The summed E-state index contributed by atoms with van der Waals surface area (Å²) < 4.78 is 52.2. The summed E-state index contributed by atoms with van der Waals surface area (Å²) in [7, 11) is 5.81. The van der Waals surface area contributed by atoms with E-state index in [4.69, 9.17) is 42.6 Å². The SMILES string of the molecule is COc1ccc(C(=O)OCC2(COC(=O)c3ccc(OC)cc3)O[C@@H](n3cc(C)c(=O)[nH]c3=O)[C@H](OC(=O)c3ccc(OC)cc3)[C@H]2OC(=O)c2ccc(OC)cc2)cc1. The fourth-order valence-electron chi connectivity index (χ4n) is 6.21. The van der Waals surface area contributed by atoms with Crippen LogP contribution in [0, 0.1) is 6.92 Å². The van der Waals surface area contributed by atoms with Crippen molar-refractivity contribution in [2.45, 2.75) is 31.0 Å². The van der Waals surface area contributed by atoms with E-state index in [9.17, 15) is 28.8 Å². The first kappa shape index (κ1) is 42.2. The minimum Gasteiger partial charge on any atom is -0.497 e. The molecule has 17 nitrogen and oxygen atoms in total. The lowest BCUT2D eigenvalue weighted by atomic mass is 9.95. The van der Waals surface area contributed by atoms with Crippen LogP contribution in [0.1, 0.15) is 53.2 Å². The molecule has 0 aliphatic carbocycles. The molecule has 1 aliphatic heterocycles. The number of H-pyrrole nitrogens is 1. The topological polar surface area (TPSA) is 206 Å². The molecule has 0 radical (unpaired) electrons. The Morgan fingerprint density at radius 3 is 1.33 bits per heavy atom. The summed E-state index contributed by atoms with van der Waals surface area (Å²) in [6.45, 7) is -0.194. The normalized spacial score (nSPS) is 16.5. The first-order valence-corrected chi connectivity index (χ1v) is 18.2. The Hall–Kier alpha value is -7.40. The molecule has 0 saturated carbocycles. The number of ether oxygens (including phenoxy) is 9. The molecule has 1 fully saturated rings. The molecule has 3 atom stereocenters. The third-order valence-electron chi connectivity index (χ3n) is 9.55. The quantitative estimate of drug-likeness (QED) is 0.115. The number of carbonyl (C=O) groups is 4. The third kappa shape index (κ3) is 9.32. The zero-order chi connectivity index (χ0) is 43.0. The maximum atomic E-state index is 14.1. The number of nitrogens with one attached hydrogen (secondary N) is 1. The summed E-state index contributed by atoms with van der Waals surface area (Å²) in [5, 5.41) is 0. The molecule has 4 aromatic carbocycles. The van der Waals surface area contributed by atoms with Gasteiger partial charge in [0.2, 0.25) is 0 Å². The van der Waals surface area contributed by atoms with Gasteiger partial charge < -0.3 is 42.6 Å². The Balaban J connectivity index is 1.49. The van der Waals surface area contributed by atoms with Crippen LogP contribution < -0.4 is 30.2 Å².